The summed E-state index contributed by atoms with van der Waals surface area (Å²) in [7, 11) is -3.73. The van der Waals surface area contributed by atoms with Crippen molar-refractivity contribution in [1.29, 1.82) is 0 Å². The molecule has 0 aliphatic carbocycles. The van der Waals surface area contributed by atoms with Gasteiger partial charge in [0.05, 0.1) is 17.7 Å². The van der Waals surface area contributed by atoms with Crippen LogP contribution in [0.1, 0.15) is 12.5 Å². The zero-order chi connectivity index (χ0) is 16.9. The molecule has 122 valence electrons. The minimum atomic E-state index is -3.73. The highest BCUT2D eigenvalue weighted by molar-refractivity contribution is 9.10. The van der Waals surface area contributed by atoms with Crippen LogP contribution in [-0.4, -0.2) is 21.2 Å². The molecule has 0 unspecified atom stereocenters. The molecule has 0 heterocycles. The fourth-order valence-electron chi connectivity index (χ4n) is 1.71. The number of hydrogen-bond acceptors (Lipinski definition) is 4. The third-order valence-corrected chi connectivity index (χ3v) is 4.99. The summed E-state index contributed by atoms with van der Waals surface area (Å²) >= 11 is 9.12. The molecule has 2 rings (SSSR count). The molecule has 2 aromatic rings. The van der Waals surface area contributed by atoms with E-state index in [0.29, 0.717) is 22.9 Å². The second-order valence-corrected chi connectivity index (χ2v) is 7.37. The van der Waals surface area contributed by atoms with E-state index >= 15 is 0 Å². The van der Waals surface area contributed by atoms with Crippen molar-refractivity contribution in [2.75, 3.05) is 6.61 Å². The quantitative estimate of drug-likeness (QED) is 0.574. The second kappa shape index (κ2) is 7.81. The first-order valence-corrected chi connectivity index (χ1v) is 9.30. The Morgan fingerprint density at radius 2 is 1.96 bits per heavy atom. The van der Waals surface area contributed by atoms with E-state index in [4.69, 9.17) is 16.3 Å². The van der Waals surface area contributed by atoms with Crippen LogP contribution in [0, 0.1) is 0 Å². The minimum Gasteiger partial charge on any atom is -0.494 e. The lowest BCUT2D eigenvalue weighted by Gasteiger charge is -2.06. The van der Waals surface area contributed by atoms with Crippen molar-refractivity contribution in [2.45, 2.75) is 11.8 Å². The van der Waals surface area contributed by atoms with Crippen LogP contribution in [0.15, 0.2) is 56.9 Å². The van der Waals surface area contributed by atoms with E-state index in [9.17, 15) is 8.42 Å². The first kappa shape index (κ1) is 17.8. The van der Waals surface area contributed by atoms with E-state index in [0.717, 1.165) is 4.47 Å². The van der Waals surface area contributed by atoms with E-state index in [1.807, 2.05) is 13.0 Å². The van der Waals surface area contributed by atoms with Crippen molar-refractivity contribution >= 4 is 43.8 Å². The zero-order valence-corrected chi connectivity index (χ0v) is 15.3. The third-order valence-electron chi connectivity index (χ3n) is 2.78. The van der Waals surface area contributed by atoms with Crippen molar-refractivity contribution in [1.82, 2.24) is 4.83 Å². The van der Waals surface area contributed by atoms with Crippen LogP contribution in [0.2, 0.25) is 5.02 Å². The Balaban J connectivity index is 2.14. The van der Waals surface area contributed by atoms with Gasteiger partial charge in [-0.25, -0.2) is 4.83 Å². The van der Waals surface area contributed by atoms with Gasteiger partial charge in [-0.2, -0.15) is 13.5 Å². The average molecular weight is 418 g/mol. The Kier molecular flexibility index (Phi) is 6.04. The molecule has 0 spiro atoms. The molecule has 0 bridgehead atoms. The first-order valence-electron chi connectivity index (χ1n) is 6.65. The predicted molar refractivity (Wildman–Crippen MR) is 94.7 cm³/mol. The number of nitrogens with one attached hydrogen (secondary N) is 1. The van der Waals surface area contributed by atoms with Crippen molar-refractivity contribution in [3.8, 4) is 5.75 Å². The molecule has 0 aromatic heterocycles. The van der Waals surface area contributed by atoms with Gasteiger partial charge < -0.3 is 4.74 Å². The van der Waals surface area contributed by atoms with Crippen molar-refractivity contribution in [2.24, 2.45) is 5.10 Å². The first-order chi connectivity index (χ1) is 10.9. The predicted octanol–water partition coefficient (Wildman–Crippen LogP) is 3.81. The van der Waals surface area contributed by atoms with Crippen LogP contribution in [-0.2, 0) is 10.0 Å². The fraction of sp³-hybridized carbons (Fsp3) is 0.133. The van der Waals surface area contributed by atoms with Crippen LogP contribution < -0.4 is 9.57 Å². The number of hydrogen-bond donors (Lipinski definition) is 1. The van der Waals surface area contributed by atoms with Gasteiger partial charge in [-0.05, 0) is 49.4 Å². The molecule has 0 fully saturated rings. The van der Waals surface area contributed by atoms with Gasteiger partial charge in [0, 0.05) is 15.1 Å². The smallest absolute Gasteiger partial charge is 0.276 e. The SMILES string of the molecule is CCOc1ccc(Br)c(/C=N/NS(=O)(=O)c2ccc(Cl)cc2)c1. The van der Waals surface area contributed by atoms with E-state index in [2.05, 4.69) is 25.9 Å². The van der Waals surface area contributed by atoms with Gasteiger partial charge in [-0.3, -0.25) is 0 Å². The standard InChI is InChI=1S/C15H14BrClN2O3S/c1-2-22-13-5-8-15(16)11(9-13)10-18-19-23(20,21)14-6-3-12(17)4-7-14/h3-10,19H,2H2,1H3/b18-10+. The number of benzene rings is 2. The molecule has 1 N–H and O–H groups in total. The molecule has 0 saturated heterocycles. The Labute approximate surface area is 148 Å². The lowest BCUT2D eigenvalue weighted by Crippen LogP contribution is -2.18. The second-order valence-electron chi connectivity index (χ2n) is 4.42. The number of nitrogens with zero attached hydrogens (tertiary/aromatic N) is 1. The van der Waals surface area contributed by atoms with Gasteiger partial charge >= 0.3 is 0 Å². The highest BCUT2D eigenvalue weighted by atomic mass is 79.9. The van der Waals surface area contributed by atoms with Crippen LogP contribution >= 0.6 is 27.5 Å². The molecule has 23 heavy (non-hydrogen) atoms. The molecule has 8 heteroatoms. The van der Waals surface area contributed by atoms with E-state index in [1.165, 1.54) is 30.5 Å². The molecule has 0 radical (unpaired) electrons. The van der Waals surface area contributed by atoms with Crippen molar-refractivity contribution in [3.05, 3.63) is 57.5 Å². The summed E-state index contributed by atoms with van der Waals surface area (Å²) in [6.07, 6.45) is 1.40. The maximum atomic E-state index is 12.1. The Hall–Kier alpha value is -1.57. The summed E-state index contributed by atoms with van der Waals surface area (Å²) < 4.78 is 30.3. The molecule has 0 saturated carbocycles. The highest BCUT2D eigenvalue weighted by Gasteiger charge is 2.12. The number of rotatable bonds is 6. The van der Waals surface area contributed by atoms with E-state index < -0.39 is 10.0 Å². The van der Waals surface area contributed by atoms with Gasteiger partial charge in [0.1, 0.15) is 5.75 Å². The van der Waals surface area contributed by atoms with Crippen molar-refractivity contribution < 1.29 is 13.2 Å². The van der Waals surface area contributed by atoms with Crippen LogP contribution in [0.5, 0.6) is 5.75 Å². The summed E-state index contributed by atoms with van der Waals surface area (Å²) in [5.41, 5.74) is 0.690. The van der Waals surface area contributed by atoms with Crippen LogP contribution in [0.3, 0.4) is 0 Å². The number of ether oxygens (including phenoxy) is 1. The summed E-state index contributed by atoms with van der Waals surface area (Å²) in [6, 6.07) is 11.2. The molecule has 0 atom stereocenters. The summed E-state index contributed by atoms with van der Waals surface area (Å²) in [6.45, 7) is 2.43. The topological polar surface area (TPSA) is 67.8 Å². The van der Waals surface area contributed by atoms with E-state index in [1.54, 1.807) is 12.1 Å². The van der Waals surface area contributed by atoms with Gasteiger partial charge in [-0.15, -0.1) is 0 Å². The lowest BCUT2D eigenvalue weighted by molar-refractivity contribution is 0.340. The molecule has 0 amide bonds. The molecule has 0 aliphatic heterocycles. The fourth-order valence-corrected chi connectivity index (χ4v) is 2.98. The molecular formula is C15H14BrClN2O3S. The van der Waals surface area contributed by atoms with Crippen LogP contribution in [0.25, 0.3) is 0 Å². The van der Waals surface area contributed by atoms with Gasteiger partial charge in [0.15, 0.2) is 0 Å². The summed E-state index contributed by atoms with van der Waals surface area (Å²) in [4.78, 5) is 2.24. The van der Waals surface area contributed by atoms with E-state index in [-0.39, 0.29) is 4.90 Å². The molecular weight excluding hydrogens is 404 g/mol. The largest absolute Gasteiger partial charge is 0.494 e. The Morgan fingerprint density at radius 3 is 2.61 bits per heavy atom. The Bertz CT molecular complexity index is 808. The van der Waals surface area contributed by atoms with Gasteiger partial charge in [-0.1, -0.05) is 27.5 Å². The highest BCUT2D eigenvalue weighted by Crippen LogP contribution is 2.21. The number of sulfonamides is 1. The van der Waals surface area contributed by atoms with Crippen LogP contribution in [0.4, 0.5) is 0 Å². The molecule has 2 aromatic carbocycles. The molecule has 0 aliphatic rings. The van der Waals surface area contributed by atoms with Gasteiger partial charge in [0.2, 0.25) is 0 Å². The maximum Gasteiger partial charge on any atom is 0.276 e. The maximum absolute atomic E-state index is 12.1. The zero-order valence-electron chi connectivity index (χ0n) is 12.2. The minimum absolute atomic E-state index is 0.0844. The average Bonchev–Trinajstić information content (AvgIpc) is 2.51. The monoisotopic (exact) mass is 416 g/mol. The number of halogens is 2. The number of hydrazone groups is 1. The van der Waals surface area contributed by atoms with Gasteiger partial charge in [0.25, 0.3) is 10.0 Å². The summed E-state index contributed by atoms with van der Waals surface area (Å²) in [5, 5.41) is 4.25. The summed E-state index contributed by atoms with van der Waals surface area (Å²) in [5.74, 6) is 0.678. The normalized spacial score (nSPS) is 11.6. The Morgan fingerprint density at radius 1 is 1.26 bits per heavy atom. The van der Waals surface area contributed by atoms with Crippen molar-refractivity contribution in [3.63, 3.8) is 0 Å². The third kappa shape index (κ3) is 4.95. The lowest BCUT2D eigenvalue weighted by atomic mass is 10.2. The molecule has 5 nitrogen and oxygen atoms in total.